The number of aromatic nitrogens is 2. The molecular weight excluding hydrogens is 280 g/mol. The first-order chi connectivity index (χ1) is 10.6. The van der Waals surface area contributed by atoms with Crippen molar-refractivity contribution in [3.8, 4) is 0 Å². The molecule has 1 aromatic heterocycles. The van der Waals surface area contributed by atoms with Crippen molar-refractivity contribution in [2.75, 3.05) is 25.5 Å². The molecule has 0 saturated heterocycles. The van der Waals surface area contributed by atoms with E-state index in [1.54, 1.807) is 24.4 Å². The summed E-state index contributed by atoms with van der Waals surface area (Å²) in [7, 11) is 3.91. The van der Waals surface area contributed by atoms with Crippen LogP contribution < -0.4 is 15.8 Å². The Balaban J connectivity index is 1.80. The van der Waals surface area contributed by atoms with E-state index in [1.165, 1.54) is 10.7 Å². The summed E-state index contributed by atoms with van der Waals surface area (Å²) in [4.78, 5) is 25.4. The molecule has 0 aliphatic heterocycles. The van der Waals surface area contributed by atoms with Crippen molar-refractivity contribution in [2.24, 2.45) is 0 Å². The summed E-state index contributed by atoms with van der Waals surface area (Å²) < 4.78 is 1.39. The zero-order chi connectivity index (χ0) is 15.9. The molecule has 0 aliphatic rings. The number of carbonyl (C=O) groups excluding carboxylic acids is 1. The first kappa shape index (κ1) is 15.8. The summed E-state index contributed by atoms with van der Waals surface area (Å²) in [5.74, 6) is -0.112. The van der Waals surface area contributed by atoms with Crippen molar-refractivity contribution >= 4 is 11.6 Å². The van der Waals surface area contributed by atoms with Crippen LogP contribution in [0.25, 0.3) is 0 Å². The van der Waals surface area contributed by atoms with Gasteiger partial charge in [-0.05, 0) is 36.8 Å². The summed E-state index contributed by atoms with van der Waals surface area (Å²) in [5, 5.41) is 6.81. The lowest BCUT2D eigenvalue weighted by Gasteiger charge is -2.12. The largest absolute Gasteiger partial charge is 0.378 e. The molecule has 1 heterocycles. The Morgan fingerprint density at radius 3 is 2.59 bits per heavy atom. The van der Waals surface area contributed by atoms with Crippen LogP contribution in [0.5, 0.6) is 0 Å². The molecule has 0 unspecified atom stereocenters. The Labute approximate surface area is 129 Å². The van der Waals surface area contributed by atoms with E-state index in [1.807, 2.05) is 31.1 Å². The average molecular weight is 300 g/mol. The van der Waals surface area contributed by atoms with Gasteiger partial charge in [-0.25, -0.2) is 4.68 Å². The Kier molecular flexibility index (Phi) is 5.30. The van der Waals surface area contributed by atoms with Crippen molar-refractivity contribution in [2.45, 2.75) is 13.0 Å². The van der Waals surface area contributed by atoms with Gasteiger partial charge in [0.25, 0.3) is 11.5 Å². The third kappa shape index (κ3) is 4.18. The lowest BCUT2D eigenvalue weighted by molar-refractivity contribution is 0.0952. The molecule has 6 nitrogen and oxygen atoms in total. The minimum absolute atomic E-state index is 0.112. The van der Waals surface area contributed by atoms with Crippen LogP contribution in [-0.4, -0.2) is 36.3 Å². The van der Waals surface area contributed by atoms with Crippen molar-refractivity contribution in [1.82, 2.24) is 15.1 Å². The van der Waals surface area contributed by atoms with Crippen LogP contribution in [0.1, 0.15) is 16.8 Å². The van der Waals surface area contributed by atoms with E-state index in [0.29, 0.717) is 25.1 Å². The quantitative estimate of drug-likeness (QED) is 0.812. The van der Waals surface area contributed by atoms with Crippen LogP contribution >= 0.6 is 0 Å². The normalized spacial score (nSPS) is 10.3. The Hall–Kier alpha value is -2.63. The van der Waals surface area contributed by atoms with Crippen molar-refractivity contribution in [3.05, 3.63) is 58.5 Å². The molecule has 0 saturated carbocycles. The molecule has 0 atom stereocenters. The van der Waals surface area contributed by atoms with E-state index in [-0.39, 0.29) is 11.5 Å². The Bertz CT molecular complexity index is 677. The summed E-state index contributed by atoms with van der Waals surface area (Å²) in [5.41, 5.74) is 1.54. The zero-order valence-corrected chi connectivity index (χ0v) is 12.8. The third-order valence-corrected chi connectivity index (χ3v) is 3.26. The van der Waals surface area contributed by atoms with Crippen LogP contribution in [0.2, 0.25) is 0 Å². The molecule has 1 N–H and O–H groups in total. The molecule has 2 rings (SSSR count). The summed E-state index contributed by atoms with van der Waals surface area (Å²) in [6.45, 7) is 0.983. The Morgan fingerprint density at radius 1 is 1.23 bits per heavy atom. The number of hydrogen-bond acceptors (Lipinski definition) is 4. The van der Waals surface area contributed by atoms with Crippen LogP contribution in [0.4, 0.5) is 5.69 Å². The summed E-state index contributed by atoms with van der Waals surface area (Å²) in [6.07, 6.45) is 2.23. The Morgan fingerprint density at radius 2 is 1.95 bits per heavy atom. The van der Waals surface area contributed by atoms with Crippen LogP contribution in [0, 0.1) is 0 Å². The van der Waals surface area contributed by atoms with E-state index in [9.17, 15) is 9.59 Å². The lowest BCUT2D eigenvalue weighted by atomic mass is 10.2. The lowest BCUT2D eigenvalue weighted by Crippen LogP contribution is -2.27. The molecule has 0 fully saturated rings. The highest BCUT2D eigenvalue weighted by Crippen LogP contribution is 2.11. The number of benzene rings is 1. The minimum Gasteiger partial charge on any atom is -0.378 e. The standard InChI is InChI=1S/C16H20N4O2/c1-19(2)14-8-6-13(7-9-14)16(22)17-10-4-12-20-15(21)5-3-11-18-20/h3,5-9,11H,4,10,12H2,1-2H3,(H,17,22). The van der Waals surface area contributed by atoms with Gasteiger partial charge in [0, 0.05) is 50.7 Å². The van der Waals surface area contributed by atoms with Gasteiger partial charge >= 0.3 is 0 Å². The minimum atomic E-state index is -0.131. The van der Waals surface area contributed by atoms with Gasteiger partial charge in [-0.15, -0.1) is 0 Å². The monoisotopic (exact) mass is 300 g/mol. The number of nitrogens with one attached hydrogen (secondary N) is 1. The second-order valence-electron chi connectivity index (χ2n) is 5.14. The highest BCUT2D eigenvalue weighted by Gasteiger charge is 2.05. The van der Waals surface area contributed by atoms with E-state index in [0.717, 1.165) is 5.69 Å². The van der Waals surface area contributed by atoms with E-state index in [4.69, 9.17) is 0 Å². The molecule has 2 aromatic rings. The van der Waals surface area contributed by atoms with Gasteiger partial charge in [0.05, 0.1) is 0 Å². The molecule has 1 amide bonds. The van der Waals surface area contributed by atoms with Crippen molar-refractivity contribution in [1.29, 1.82) is 0 Å². The maximum Gasteiger partial charge on any atom is 0.266 e. The smallest absolute Gasteiger partial charge is 0.266 e. The fraction of sp³-hybridized carbons (Fsp3) is 0.312. The number of anilines is 1. The van der Waals surface area contributed by atoms with Crippen LogP contribution in [0.3, 0.4) is 0 Å². The van der Waals surface area contributed by atoms with Gasteiger partial charge in [-0.2, -0.15) is 5.10 Å². The van der Waals surface area contributed by atoms with Gasteiger partial charge in [-0.1, -0.05) is 0 Å². The number of nitrogens with zero attached hydrogens (tertiary/aromatic N) is 3. The molecule has 1 aromatic carbocycles. The predicted molar refractivity (Wildman–Crippen MR) is 86.2 cm³/mol. The number of hydrogen-bond donors (Lipinski definition) is 1. The number of amides is 1. The van der Waals surface area contributed by atoms with Crippen molar-refractivity contribution < 1.29 is 4.79 Å². The second kappa shape index (κ2) is 7.40. The number of aryl methyl sites for hydroxylation is 1. The zero-order valence-electron chi connectivity index (χ0n) is 12.8. The molecule has 6 heteroatoms. The highest BCUT2D eigenvalue weighted by atomic mass is 16.1. The van der Waals surface area contributed by atoms with Gasteiger partial charge in [0.1, 0.15) is 0 Å². The van der Waals surface area contributed by atoms with E-state index < -0.39 is 0 Å². The average Bonchev–Trinajstić information content (AvgIpc) is 2.53. The maximum atomic E-state index is 12.0. The predicted octanol–water partition coefficient (Wildman–Crippen LogP) is 1.13. The third-order valence-electron chi connectivity index (χ3n) is 3.26. The SMILES string of the molecule is CN(C)c1ccc(C(=O)NCCCn2ncccc2=O)cc1. The molecular formula is C16H20N4O2. The van der Waals surface area contributed by atoms with Gasteiger partial charge in [0.2, 0.25) is 0 Å². The molecule has 0 bridgehead atoms. The van der Waals surface area contributed by atoms with Crippen LogP contribution in [-0.2, 0) is 6.54 Å². The van der Waals surface area contributed by atoms with Gasteiger partial charge in [0.15, 0.2) is 0 Å². The number of carbonyl (C=O) groups is 1. The maximum absolute atomic E-state index is 12.0. The highest BCUT2D eigenvalue weighted by molar-refractivity contribution is 5.94. The molecule has 22 heavy (non-hydrogen) atoms. The molecule has 116 valence electrons. The topological polar surface area (TPSA) is 67.2 Å². The summed E-state index contributed by atoms with van der Waals surface area (Å²) >= 11 is 0. The van der Waals surface area contributed by atoms with E-state index >= 15 is 0 Å². The first-order valence-corrected chi connectivity index (χ1v) is 7.15. The van der Waals surface area contributed by atoms with Crippen LogP contribution in [0.15, 0.2) is 47.4 Å². The molecule has 0 spiro atoms. The summed E-state index contributed by atoms with van der Waals surface area (Å²) in [6, 6.07) is 10.5. The fourth-order valence-corrected chi connectivity index (χ4v) is 2.00. The van der Waals surface area contributed by atoms with Gasteiger partial charge < -0.3 is 10.2 Å². The first-order valence-electron chi connectivity index (χ1n) is 7.15. The fourth-order valence-electron chi connectivity index (χ4n) is 2.00. The molecule has 0 aliphatic carbocycles. The van der Waals surface area contributed by atoms with Crippen molar-refractivity contribution in [3.63, 3.8) is 0 Å². The van der Waals surface area contributed by atoms with Gasteiger partial charge in [-0.3, -0.25) is 9.59 Å². The molecule has 0 radical (unpaired) electrons. The van der Waals surface area contributed by atoms with E-state index in [2.05, 4.69) is 10.4 Å². The number of rotatable bonds is 6. The second-order valence-corrected chi connectivity index (χ2v) is 5.14.